The predicted octanol–water partition coefficient (Wildman–Crippen LogP) is 2.39. The Morgan fingerprint density at radius 1 is 1.04 bits per heavy atom. The molecule has 7 heteroatoms. The van der Waals surface area contributed by atoms with Gasteiger partial charge in [-0.2, -0.15) is 0 Å². The van der Waals surface area contributed by atoms with Crippen molar-refractivity contribution in [3.05, 3.63) is 0 Å². The molecule has 0 aromatic carbocycles. The molecule has 0 bridgehead atoms. The van der Waals surface area contributed by atoms with Crippen LogP contribution in [0.5, 0.6) is 0 Å². The first-order valence-corrected chi connectivity index (χ1v) is 12.4. The maximum absolute atomic E-state index is 12.3. The van der Waals surface area contributed by atoms with Crippen molar-refractivity contribution in [3.63, 3.8) is 0 Å². The molecule has 1 N–H and O–H groups in total. The van der Waals surface area contributed by atoms with Crippen LogP contribution in [0.25, 0.3) is 0 Å². The summed E-state index contributed by atoms with van der Waals surface area (Å²) in [5.74, 6) is -1.03. The number of quaternary nitrogens is 1. The number of rotatable bonds is 10. The maximum Gasteiger partial charge on any atom is 0.311 e. The van der Waals surface area contributed by atoms with Crippen LogP contribution < -0.4 is 4.90 Å². The third kappa shape index (κ3) is 9.69. The van der Waals surface area contributed by atoms with Crippen LogP contribution in [-0.4, -0.2) is 53.3 Å². The number of nitrogens with one attached hydrogen (secondary N) is 1. The van der Waals surface area contributed by atoms with Gasteiger partial charge in [-0.1, -0.05) is 34.6 Å². The molecule has 0 aromatic rings. The summed E-state index contributed by atoms with van der Waals surface area (Å²) in [6, 6.07) is 0. The Balaban J connectivity index is 4.85. The van der Waals surface area contributed by atoms with Crippen molar-refractivity contribution in [1.29, 1.82) is 0 Å². The summed E-state index contributed by atoms with van der Waals surface area (Å²) in [6.45, 7) is 16.9. The second kappa shape index (κ2) is 10.4. The summed E-state index contributed by atoms with van der Waals surface area (Å²) in [5, 5.41) is 0.0697. The molecule has 0 heterocycles. The molecular weight excluding hydrogens is 350 g/mol. The van der Waals surface area contributed by atoms with Crippen LogP contribution in [0.1, 0.15) is 54.4 Å². The summed E-state index contributed by atoms with van der Waals surface area (Å²) >= 11 is 0. The molecular formula is C19H40NO5Si+. The fourth-order valence-corrected chi connectivity index (χ4v) is 3.38. The van der Waals surface area contributed by atoms with E-state index in [1.807, 2.05) is 0 Å². The minimum Gasteiger partial charge on any atom is -0.425 e. The first-order valence-electron chi connectivity index (χ1n) is 9.52. The average Bonchev–Trinajstić information content (AvgIpc) is 2.42. The van der Waals surface area contributed by atoms with Crippen molar-refractivity contribution in [1.82, 2.24) is 0 Å². The van der Waals surface area contributed by atoms with Gasteiger partial charge in [0.05, 0.1) is 39.1 Å². The highest BCUT2D eigenvalue weighted by Crippen LogP contribution is 2.38. The van der Waals surface area contributed by atoms with E-state index in [4.69, 9.17) is 13.9 Å². The van der Waals surface area contributed by atoms with E-state index in [0.717, 1.165) is 13.0 Å². The van der Waals surface area contributed by atoms with Crippen LogP contribution in [0.4, 0.5) is 0 Å². The quantitative estimate of drug-likeness (QED) is 0.352. The van der Waals surface area contributed by atoms with Gasteiger partial charge in [0.2, 0.25) is 6.29 Å². The van der Waals surface area contributed by atoms with Crippen LogP contribution in [-0.2, 0) is 23.5 Å². The summed E-state index contributed by atoms with van der Waals surface area (Å²) in [5.41, 5.74) is 0. The molecule has 0 spiro atoms. The van der Waals surface area contributed by atoms with E-state index in [1.54, 1.807) is 20.8 Å². The molecule has 1 unspecified atom stereocenters. The lowest BCUT2D eigenvalue weighted by Gasteiger charge is -2.39. The van der Waals surface area contributed by atoms with E-state index in [2.05, 4.69) is 48.0 Å². The predicted molar refractivity (Wildman–Crippen MR) is 105 cm³/mol. The SMILES string of the molecule is CC(OC(=O)C[C@H](CC[NH+](C)C)O[Si](C)(C)C(C)(C)C)OC(=O)C(C)C. The summed E-state index contributed by atoms with van der Waals surface area (Å²) in [7, 11) is 2.17. The van der Waals surface area contributed by atoms with Crippen molar-refractivity contribution < 1.29 is 28.4 Å². The van der Waals surface area contributed by atoms with E-state index in [1.165, 1.54) is 4.90 Å². The van der Waals surface area contributed by atoms with Gasteiger partial charge in [-0.15, -0.1) is 0 Å². The monoisotopic (exact) mass is 390 g/mol. The maximum atomic E-state index is 12.3. The molecule has 0 saturated carbocycles. The average molecular weight is 391 g/mol. The summed E-state index contributed by atoms with van der Waals surface area (Å²) in [6.07, 6.45) is -0.121. The van der Waals surface area contributed by atoms with E-state index >= 15 is 0 Å². The summed E-state index contributed by atoms with van der Waals surface area (Å²) < 4.78 is 16.8. The van der Waals surface area contributed by atoms with Gasteiger partial charge in [-0.05, 0) is 18.1 Å². The van der Waals surface area contributed by atoms with Crippen LogP contribution in [0.3, 0.4) is 0 Å². The number of ether oxygens (including phenoxy) is 2. The molecule has 0 aliphatic carbocycles. The topological polar surface area (TPSA) is 66.3 Å². The fourth-order valence-electron chi connectivity index (χ4n) is 1.99. The highest BCUT2D eigenvalue weighted by molar-refractivity contribution is 6.74. The molecule has 2 atom stereocenters. The van der Waals surface area contributed by atoms with Gasteiger partial charge >= 0.3 is 11.9 Å². The first-order chi connectivity index (χ1) is 11.7. The Labute approximate surface area is 160 Å². The van der Waals surface area contributed by atoms with Gasteiger partial charge in [0, 0.05) is 13.3 Å². The standard InChI is InChI=1S/C19H39NO5Si/c1-14(2)18(22)24-15(3)23-17(21)13-16(11-12-20(7)8)25-26(9,10)19(4,5)6/h14-16H,11-13H2,1-10H3/p+1/t15?,16-/m0/s1. The number of esters is 2. The molecule has 0 aliphatic rings. The Morgan fingerprint density at radius 3 is 2.00 bits per heavy atom. The van der Waals surface area contributed by atoms with Crippen LogP contribution in [0.2, 0.25) is 18.1 Å². The lowest BCUT2D eigenvalue weighted by molar-refractivity contribution is -0.858. The minimum atomic E-state index is -1.99. The zero-order chi connectivity index (χ0) is 20.7. The zero-order valence-electron chi connectivity index (χ0n) is 18.4. The van der Waals surface area contributed by atoms with Crippen LogP contribution in [0.15, 0.2) is 0 Å². The Morgan fingerprint density at radius 2 is 1.58 bits per heavy atom. The molecule has 154 valence electrons. The number of carbonyl (C=O) groups is 2. The third-order valence-electron chi connectivity index (χ3n) is 4.68. The van der Waals surface area contributed by atoms with Crippen LogP contribution >= 0.6 is 0 Å². The second-order valence-corrected chi connectivity index (χ2v) is 13.9. The minimum absolute atomic E-state index is 0.0697. The smallest absolute Gasteiger partial charge is 0.311 e. The molecule has 0 fully saturated rings. The van der Waals surface area contributed by atoms with Gasteiger partial charge in [0.25, 0.3) is 0 Å². The molecule has 0 radical (unpaired) electrons. The van der Waals surface area contributed by atoms with Gasteiger partial charge in [-0.25, -0.2) is 0 Å². The van der Waals surface area contributed by atoms with Crippen molar-refractivity contribution in [2.75, 3.05) is 20.6 Å². The van der Waals surface area contributed by atoms with Gasteiger partial charge in [0.15, 0.2) is 8.32 Å². The van der Waals surface area contributed by atoms with E-state index in [9.17, 15) is 9.59 Å². The molecule has 0 aliphatic heterocycles. The Hall–Kier alpha value is -0.923. The van der Waals surface area contributed by atoms with Gasteiger partial charge in [0.1, 0.15) is 0 Å². The van der Waals surface area contributed by atoms with E-state index in [0.29, 0.717) is 0 Å². The van der Waals surface area contributed by atoms with Crippen molar-refractivity contribution in [2.24, 2.45) is 5.92 Å². The normalized spacial score (nSPS) is 15.1. The third-order valence-corrected chi connectivity index (χ3v) is 9.21. The molecule has 0 saturated heterocycles. The lowest BCUT2D eigenvalue weighted by atomic mass is 10.2. The number of hydrogen-bond acceptors (Lipinski definition) is 5. The number of carbonyl (C=O) groups excluding carboxylic acids is 2. The van der Waals surface area contributed by atoms with Gasteiger partial charge < -0.3 is 18.8 Å². The molecule has 0 rings (SSSR count). The second-order valence-electron chi connectivity index (χ2n) is 9.10. The molecule has 26 heavy (non-hydrogen) atoms. The van der Waals surface area contributed by atoms with E-state index in [-0.39, 0.29) is 29.5 Å². The fraction of sp³-hybridized carbons (Fsp3) is 0.895. The van der Waals surface area contributed by atoms with Crippen molar-refractivity contribution in [3.8, 4) is 0 Å². The highest BCUT2D eigenvalue weighted by atomic mass is 28.4. The molecule has 0 amide bonds. The number of hydrogen-bond donors (Lipinski definition) is 1. The first kappa shape index (κ1) is 25.1. The highest BCUT2D eigenvalue weighted by Gasteiger charge is 2.39. The van der Waals surface area contributed by atoms with Crippen molar-refractivity contribution in [2.45, 2.75) is 84.9 Å². The Bertz CT molecular complexity index is 457. The summed E-state index contributed by atoms with van der Waals surface area (Å²) in [4.78, 5) is 25.2. The molecule has 6 nitrogen and oxygen atoms in total. The lowest BCUT2D eigenvalue weighted by Crippen LogP contribution is -3.05. The van der Waals surface area contributed by atoms with Crippen LogP contribution in [0, 0.1) is 5.92 Å². The van der Waals surface area contributed by atoms with E-state index < -0.39 is 20.6 Å². The van der Waals surface area contributed by atoms with Crippen molar-refractivity contribution >= 4 is 20.3 Å². The zero-order valence-corrected chi connectivity index (χ0v) is 19.4. The van der Waals surface area contributed by atoms with Gasteiger partial charge in [-0.3, -0.25) is 9.59 Å². The largest absolute Gasteiger partial charge is 0.425 e. The Kier molecular flexibility index (Phi) is 10.1. The molecule has 0 aromatic heterocycles.